The van der Waals surface area contributed by atoms with Crippen LogP contribution in [0.1, 0.15) is 6.92 Å². The first-order valence-electron chi connectivity index (χ1n) is 4.39. The van der Waals surface area contributed by atoms with Crippen LogP contribution in [-0.4, -0.2) is 60.1 Å². The summed E-state index contributed by atoms with van der Waals surface area (Å²) in [6.45, 7) is 5.69. The number of carbonyl (C=O) groups is 1. The van der Waals surface area contributed by atoms with Crippen molar-refractivity contribution in [2.24, 2.45) is 0 Å². The number of hydrogen-bond donors (Lipinski definition) is 1. The molecule has 0 bridgehead atoms. The Kier molecular flexibility index (Phi) is 3.49. The Bertz CT molecular complexity index is 161. The summed E-state index contributed by atoms with van der Waals surface area (Å²) in [6, 6.07) is 0. The number of hydrogen-bond acceptors (Lipinski definition) is 3. The number of carbonyl (C=O) groups excluding carboxylic acids is 1. The first-order chi connectivity index (χ1) is 5.77. The van der Waals surface area contributed by atoms with E-state index in [1.807, 2.05) is 16.7 Å². The molecule has 0 atom stereocenters. The average molecular weight is 172 g/mol. The van der Waals surface area contributed by atoms with Crippen molar-refractivity contribution in [3.8, 4) is 0 Å². The molecule has 0 spiro atoms. The molecule has 1 fully saturated rings. The lowest BCUT2D eigenvalue weighted by Crippen LogP contribution is -2.50. The minimum Gasteiger partial charge on any atom is -0.395 e. The van der Waals surface area contributed by atoms with Crippen LogP contribution in [-0.2, 0) is 4.79 Å². The summed E-state index contributed by atoms with van der Waals surface area (Å²) in [4.78, 5) is 15.1. The Morgan fingerprint density at radius 1 is 1.50 bits per heavy atom. The van der Waals surface area contributed by atoms with E-state index in [1.165, 1.54) is 0 Å². The van der Waals surface area contributed by atoms with E-state index in [0.717, 1.165) is 19.6 Å². The van der Waals surface area contributed by atoms with Crippen LogP contribution in [0.3, 0.4) is 0 Å². The highest BCUT2D eigenvalue weighted by Gasteiger charge is 2.21. The fourth-order valence-corrected chi connectivity index (χ4v) is 1.42. The highest BCUT2D eigenvalue weighted by atomic mass is 16.3. The largest absolute Gasteiger partial charge is 0.395 e. The molecule has 1 rings (SSSR count). The van der Waals surface area contributed by atoms with Crippen molar-refractivity contribution < 1.29 is 9.90 Å². The van der Waals surface area contributed by atoms with E-state index in [4.69, 9.17) is 5.11 Å². The molecule has 0 radical (unpaired) electrons. The number of likely N-dealkylation sites (N-methyl/N-ethyl adjacent to an activating group) is 1. The Balaban J connectivity index is 2.35. The van der Waals surface area contributed by atoms with E-state index in [-0.39, 0.29) is 12.5 Å². The maximum Gasteiger partial charge on any atom is 0.236 e. The molecule has 70 valence electrons. The first-order valence-corrected chi connectivity index (χ1v) is 4.39. The van der Waals surface area contributed by atoms with Gasteiger partial charge in [0.2, 0.25) is 5.91 Å². The molecule has 1 N–H and O–H groups in total. The number of amides is 1. The lowest BCUT2D eigenvalue weighted by molar-refractivity contribution is -0.135. The van der Waals surface area contributed by atoms with Crippen LogP contribution in [0.5, 0.6) is 0 Å². The molecule has 1 aliphatic heterocycles. The molecule has 0 aliphatic carbocycles. The van der Waals surface area contributed by atoms with Crippen molar-refractivity contribution in [1.82, 2.24) is 9.80 Å². The minimum atomic E-state index is 0.138. The fraction of sp³-hybridized carbons (Fsp3) is 0.875. The zero-order chi connectivity index (χ0) is 8.97. The first kappa shape index (κ1) is 9.48. The van der Waals surface area contributed by atoms with Gasteiger partial charge in [-0.1, -0.05) is 0 Å². The maximum absolute atomic E-state index is 11.3. The van der Waals surface area contributed by atoms with Gasteiger partial charge in [-0.2, -0.15) is 0 Å². The third-order valence-corrected chi connectivity index (χ3v) is 2.20. The smallest absolute Gasteiger partial charge is 0.236 e. The van der Waals surface area contributed by atoms with E-state index in [9.17, 15) is 4.79 Å². The van der Waals surface area contributed by atoms with Gasteiger partial charge in [-0.25, -0.2) is 0 Å². The van der Waals surface area contributed by atoms with E-state index in [1.54, 1.807) is 0 Å². The zero-order valence-corrected chi connectivity index (χ0v) is 7.49. The number of aliphatic hydroxyl groups is 1. The van der Waals surface area contributed by atoms with Crippen LogP contribution in [0.15, 0.2) is 0 Å². The van der Waals surface area contributed by atoms with Crippen molar-refractivity contribution in [3.05, 3.63) is 0 Å². The Labute approximate surface area is 72.8 Å². The van der Waals surface area contributed by atoms with Crippen molar-refractivity contribution in [1.29, 1.82) is 0 Å². The quantitative estimate of drug-likeness (QED) is 0.602. The van der Waals surface area contributed by atoms with Gasteiger partial charge in [0.15, 0.2) is 0 Å². The molecule has 0 aromatic carbocycles. The maximum atomic E-state index is 11.3. The summed E-state index contributed by atoms with van der Waals surface area (Å²) >= 11 is 0. The second-order valence-electron chi connectivity index (χ2n) is 2.97. The SMILES string of the molecule is CCN1CCN(CCO)CC1=O. The Morgan fingerprint density at radius 3 is 2.75 bits per heavy atom. The molecule has 12 heavy (non-hydrogen) atoms. The summed E-state index contributed by atoms with van der Waals surface area (Å²) in [5, 5.41) is 8.66. The second-order valence-corrected chi connectivity index (χ2v) is 2.97. The Hall–Kier alpha value is -0.610. The molecule has 1 heterocycles. The van der Waals surface area contributed by atoms with E-state index in [0.29, 0.717) is 13.1 Å². The lowest BCUT2D eigenvalue weighted by Gasteiger charge is -2.33. The van der Waals surface area contributed by atoms with Gasteiger partial charge in [0, 0.05) is 26.2 Å². The molecule has 1 amide bonds. The van der Waals surface area contributed by atoms with Crippen LogP contribution in [0.25, 0.3) is 0 Å². The normalized spacial score (nSPS) is 20.2. The second kappa shape index (κ2) is 4.42. The monoisotopic (exact) mass is 172 g/mol. The number of nitrogens with zero attached hydrogens (tertiary/aromatic N) is 2. The van der Waals surface area contributed by atoms with Gasteiger partial charge in [-0.3, -0.25) is 9.69 Å². The third kappa shape index (κ3) is 2.19. The molecular weight excluding hydrogens is 156 g/mol. The van der Waals surface area contributed by atoms with Crippen molar-refractivity contribution in [2.75, 3.05) is 39.3 Å². The predicted octanol–water partition coefficient (Wildman–Crippen LogP) is -0.857. The standard InChI is InChI=1S/C8H16N2O2/c1-2-10-4-3-9(5-6-11)7-8(10)12/h11H,2-7H2,1H3. The molecule has 0 aromatic rings. The number of rotatable bonds is 3. The predicted molar refractivity (Wildman–Crippen MR) is 45.8 cm³/mol. The molecule has 0 aromatic heterocycles. The van der Waals surface area contributed by atoms with Crippen LogP contribution in [0.4, 0.5) is 0 Å². The van der Waals surface area contributed by atoms with Gasteiger partial charge in [0.05, 0.1) is 13.2 Å². The molecule has 4 heteroatoms. The van der Waals surface area contributed by atoms with E-state index in [2.05, 4.69) is 0 Å². The molecule has 0 saturated carbocycles. The van der Waals surface area contributed by atoms with Crippen LogP contribution in [0.2, 0.25) is 0 Å². The van der Waals surface area contributed by atoms with Gasteiger partial charge in [-0.05, 0) is 6.92 Å². The Morgan fingerprint density at radius 2 is 2.25 bits per heavy atom. The molecular formula is C8H16N2O2. The van der Waals surface area contributed by atoms with Crippen molar-refractivity contribution in [2.45, 2.75) is 6.92 Å². The average Bonchev–Trinajstić information content (AvgIpc) is 2.05. The van der Waals surface area contributed by atoms with Crippen molar-refractivity contribution in [3.63, 3.8) is 0 Å². The highest BCUT2D eigenvalue weighted by molar-refractivity contribution is 5.78. The van der Waals surface area contributed by atoms with Gasteiger partial charge in [-0.15, -0.1) is 0 Å². The van der Waals surface area contributed by atoms with Crippen molar-refractivity contribution >= 4 is 5.91 Å². The van der Waals surface area contributed by atoms with Crippen LogP contribution < -0.4 is 0 Å². The summed E-state index contributed by atoms with van der Waals surface area (Å²) in [7, 11) is 0. The molecule has 1 saturated heterocycles. The van der Waals surface area contributed by atoms with Crippen LogP contribution >= 0.6 is 0 Å². The van der Waals surface area contributed by atoms with Gasteiger partial charge < -0.3 is 10.0 Å². The summed E-state index contributed by atoms with van der Waals surface area (Å²) in [5.41, 5.74) is 0. The number of aliphatic hydroxyl groups excluding tert-OH is 1. The molecule has 4 nitrogen and oxygen atoms in total. The van der Waals surface area contributed by atoms with Gasteiger partial charge in [0.1, 0.15) is 0 Å². The van der Waals surface area contributed by atoms with Gasteiger partial charge >= 0.3 is 0 Å². The molecule has 0 unspecified atom stereocenters. The van der Waals surface area contributed by atoms with Crippen LogP contribution in [0, 0.1) is 0 Å². The summed E-state index contributed by atoms with van der Waals surface area (Å²) in [5.74, 6) is 0.178. The summed E-state index contributed by atoms with van der Waals surface area (Å²) in [6.07, 6.45) is 0. The summed E-state index contributed by atoms with van der Waals surface area (Å²) < 4.78 is 0. The van der Waals surface area contributed by atoms with Gasteiger partial charge in [0.25, 0.3) is 0 Å². The number of piperazine rings is 1. The highest BCUT2D eigenvalue weighted by Crippen LogP contribution is 2.01. The number of β-amino-alcohol motifs (C(OH)–C–C–N with tert-alkyl or cyclic N) is 1. The van der Waals surface area contributed by atoms with E-state index < -0.39 is 0 Å². The fourth-order valence-electron chi connectivity index (χ4n) is 1.42. The third-order valence-electron chi connectivity index (χ3n) is 2.20. The zero-order valence-electron chi connectivity index (χ0n) is 7.49. The molecule has 1 aliphatic rings. The minimum absolute atomic E-state index is 0.138. The topological polar surface area (TPSA) is 43.8 Å². The lowest BCUT2D eigenvalue weighted by atomic mass is 10.3. The van der Waals surface area contributed by atoms with E-state index >= 15 is 0 Å².